The van der Waals surface area contributed by atoms with Crippen molar-refractivity contribution in [1.82, 2.24) is 0 Å². The highest BCUT2D eigenvalue weighted by atomic mass is 16.5. The highest BCUT2D eigenvalue weighted by Gasteiger charge is 2.39. The third-order valence-electron chi connectivity index (χ3n) is 6.00. The summed E-state index contributed by atoms with van der Waals surface area (Å²) >= 11 is 0. The molecule has 0 amide bonds. The Morgan fingerprint density at radius 3 is 1.80 bits per heavy atom. The molecule has 0 aliphatic carbocycles. The van der Waals surface area contributed by atoms with Crippen molar-refractivity contribution in [1.29, 1.82) is 0 Å². The Hall–Kier alpha value is -0.620. The molecule has 0 aromatic heterocycles. The first kappa shape index (κ1) is 27.4. The topological polar surface area (TPSA) is 79.2 Å². The maximum absolute atomic E-state index is 9.93. The van der Waals surface area contributed by atoms with E-state index in [9.17, 15) is 15.3 Å². The maximum Gasteiger partial charge on any atom is 0.117 e. The molecule has 4 atom stereocenters. The summed E-state index contributed by atoms with van der Waals surface area (Å²) in [6.07, 6.45) is 21.4. The molecule has 0 saturated carbocycles. The van der Waals surface area contributed by atoms with Gasteiger partial charge in [0.1, 0.15) is 31.0 Å². The molecule has 1 rings (SSSR count). The Morgan fingerprint density at radius 2 is 1.33 bits per heavy atom. The number of hydrogen-bond donors (Lipinski definition) is 3. The number of ether oxygens (including phenoxy) is 2. The van der Waals surface area contributed by atoms with Gasteiger partial charge in [-0.3, -0.25) is 0 Å². The zero-order chi connectivity index (χ0) is 21.9. The minimum absolute atomic E-state index is 0.0535. The molecule has 0 bridgehead atoms. The van der Waals surface area contributed by atoms with Gasteiger partial charge >= 0.3 is 0 Å². The van der Waals surface area contributed by atoms with Gasteiger partial charge in [-0.05, 0) is 18.9 Å². The van der Waals surface area contributed by atoms with Gasteiger partial charge in [-0.15, -0.1) is 0 Å². The molecule has 0 radical (unpaired) electrons. The molecule has 0 aromatic rings. The van der Waals surface area contributed by atoms with Crippen LogP contribution in [-0.2, 0) is 9.47 Å². The van der Waals surface area contributed by atoms with Crippen LogP contribution < -0.4 is 0 Å². The molecule has 1 fully saturated rings. The van der Waals surface area contributed by atoms with E-state index in [1.807, 2.05) is 6.08 Å². The molecule has 0 spiro atoms. The molecular formula is C25H48O5. The number of allylic oxidation sites excluding steroid dienone is 1. The van der Waals surface area contributed by atoms with Crippen molar-refractivity contribution in [2.75, 3.05) is 13.2 Å². The van der Waals surface area contributed by atoms with Crippen LogP contribution >= 0.6 is 0 Å². The third kappa shape index (κ3) is 13.6. The standard InChI is InChI=1S/C25H48O5/c1-2-3-4-5-6-7-8-9-10-11-12-13-14-15-16-17-18-19-29-20-23(27)25-24(28)22(26)21-30-25/h18-19,22-28H,2-17,20-21H2,1H3/b19-18+/t22-,23+,24+,25+/m0/s1. The van der Waals surface area contributed by atoms with Gasteiger partial charge in [-0.1, -0.05) is 96.8 Å². The van der Waals surface area contributed by atoms with Crippen molar-refractivity contribution < 1.29 is 24.8 Å². The minimum atomic E-state index is -1.05. The van der Waals surface area contributed by atoms with Gasteiger partial charge in [0.05, 0.1) is 12.9 Å². The lowest BCUT2D eigenvalue weighted by atomic mass is 10.0. The molecule has 3 N–H and O–H groups in total. The van der Waals surface area contributed by atoms with E-state index in [4.69, 9.17) is 9.47 Å². The van der Waals surface area contributed by atoms with Crippen LogP contribution in [0.4, 0.5) is 0 Å². The van der Waals surface area contributed by atoms with E-state index in [1.165, 1.54) is 89.9 Å². The molecule has 0 aromatic carbocycles. The lowest BCUT2D eigenvalue weighted by molar-refractivity contribution is -0.0703. The van der Waals surface area contributed by atoms with Crippen LogP contribution in [-0.4, -0.2) is 52.9 Å². The first-order valence-corrected chi connectivity index (χ1v) is 12.6. The van der Waals surface area contributed by atoms with Gasteiger partial charge in [-0.2, -0.15) is 0 Å². The monoisotopic (exact) mass is 428 g/mol. The average molecular weight is 429 g/mol. The second-order valence-corrected chi connectivity index (χ2v) is 8.87. The number of unbranched alkanes of at least 4 members (excludes halogenated alkanes) is 15. The Balaban J connectivity index is 1.78. The number of rotatable bonds is 20. The van der Waals surface area contributed by atoms with E-state index in [2.05, 4.69) is 6.92 Å². The van der Waals surface area contributed by atoms with Crippen molar-refractivity contribution in [2.24, 2.45) is 0 Å². The Bertz CT molecular complexity index is 401. The van der Waals surface area contributed by atoms with Crippen LogP contribution in [0.15, 0.2) is 12.3 Å². The van der Waals surface area contributed by atoms with Crippen molar-refractivity contribution in [3.05, 3.63) is 12.3 Å². The number of aliphatic hydroxyl groups is 3. The first-order valence-electron chi connectivity index (χ1n) is 12.6. The second-order valence-electron chi connectivity index (χ2n) is 8.87. The van der Waals surface area contributed by atoms with Crippen molar-refractivity contribution in [2.45, 2.75) is 134 Å². The molecule has 1 saturated heterocycles. The van der Waals surface area contributed by atoms with Gasteiger partial charge in [0.2, 0.25) is 0 Å². The summed E-state index contributed by atoms with van der Waals surface area (Å²) in [6.45, 7) is 2.39. The van der Waals surface area contributed by atoms with E-state index in [0.29, 0.717) is 0 Å². The average Bonchev–Trinajstić information content (AvgIpc) is 3.08. The highest BCUT2D eigenvalue weighted by Crippen LogP contribution is 2.18. The lowest BCUT2D eigenvalue weighted by Crippen LogP contribution is -2.40. The van der Waals surface area contributed by atoms with Crippen molar-refractivity contribution in [3.63, 3.8) is 0 Å². The van der Waals surface area contributed by atoms with Gasteiger partial charge in [-0.25, -0.2) is 0 Å². The van der Waals surface area contributed by atoms with E-state index in [-0.39, 0.29) is 13.2 Å². The zero-order valence-corrected chi connectivity index (χ0v) is 19.4. The van der Waals surface area contributed by atoms with Crippen LogP contribution in [0.25, 0.3) is 0 Å². The van der Waals surface area contributed by atoms with Crippen molar-refractivity contribution in [3.8, 4) is 0 Å². The maximum atomic E-state index is 9.93. The van der Waals surface area contributed by atoms with E-state index in [1.54, 1.807) is 6.26 Å². The van der Waals surface area contributed by atoms with E-state index in [0.717, 1.165) is 12.8 Å². The van der Waals surface area contributed by atoms with Crippen LogP contribution in [0, 0.1) is 0 Å². The predicted molar refractivity (Wildman–Crippen MR) is 122 cm³/mol. The molecule has 30 heavy (non-hydrogen) atoms. The summed E-state index contributed by atoms with van der Waals surface area (Å²) in [4.78, 5) is 0. The number of aliphatic hydroxyl groups excluding tert-OH is 3. The predicted octanol–water partition coefficient (Wildman–Crippen LogP) is 5.26. The third-order valence-corrected chi connectivity index (χ3v) is 6.00. The van der Waals surface area contributed by atoms with Crippen LogP contribution in [0.5, 0.6) is 0 Å². The fourth-order valence-electron chi connectivity index (χ4n) is 3.98. The van der Waals surface area contributed by atoms with Gasteiger partial charge in [0.15, 0.2) is 0 Å². The molecule has 5 heteroatoms. The largest absolute Gasteiger partial charge is 0.499 e. The van der Waals surface area contributed by atoms with Crippen LogP contribution in [0.2, 0.25) is 0 Å². The van der Waals surface area contributed by atoms with E-state index < -0.39 is 24.4 Å². The zero-order valence-electron chi connectivity index (χ0n) is 19.4. The Kier molecular flexibility index (Phi) is 17.4. The fourth-order valence-corrected chi connectivity index (χ4v) is 3.98. The van der Waals surface area contributed by atoms with Crippen molar-refractivity contribution >= 4 is 0 Å². The molecule has 0 unspecified atom stereocenters. The summed E-state index contributed by atoms with van der Waals surface area (Å²) in [7, 11) is 0. The summed E-state index contributed by atoms with van der Waals surface area (Å²) < 4.78 is 10.5. The van der Waals surface area contributed by atoms with Crippen LogP contribution in [0.3, 0.4) is 0 Å². The van der Waals surface area contributed by atoms with Gasteiger partial charge < -0.3 is 24.8 Å². The van der Waals surface area contributed by atoms with Gasteiger partial charge in [0.25, 0.3) is 0 Å². The fraction of sp³-hybridized carbons (Fsp3) is 0.920. The summed E-state index contributed by atoms with van der Waals surface area (Å²) in [6, 6.07) is 0. The van der Waals surface area contributed by atoms with Gasteiger partial charge in [0, 0.05) is 0 Å². The summed E-state index contributed by atoms with van der Waals surface area (Å²) in [5, 5.41) is 29.0. The normalized spacial score (nSPS) is 22.7. The molecule has 1 heterocycles. The molecule has 5 nitrogen and oxygen atoms in total. The number of hydrogen-bond acceptors (Lipinski definition) is 5. The van der Waals surface area contributed by atoms with E-state index >= 15 is 0 Å². The van der Waals surface area contributed by atoms with Crippen LogP contribution in [0.1, 0.15) is 110 Å². The lowest BCUT2D eigenvalue weighted by Gasteiger charge is -2.20. The molecular weight excluding hydrogens is 380 g/mol. The quantitative estimate of drug-likeness (QED) is 0.182. The molecule has 1 aliphatic heterocycles. The Labute approximate surface area is 184 Å². The highest BCUT2D eigenvalue weighted by molar-refractivity contribution is 4.88. The smallest absolute Gasteiger partial charge is 0.117 e. The summed E-state index contributed by atoms with van der Waals surface area (Å²) in [5.41, 5.74) is 0. The summed E-state index contributed by atoms with van der Waals surface area (Å²) in [5.74, 6) is 0. The SMILES string of the molecule is CCCCCCCCCCCCCCCCC/C=C/OC[C@@H](O)[C@H]1OC[C@H](O)[C@H]1O. The first-order chi connectivity index (χ1) is 14.7. The molecule has 178 valence electrons. The minimum Gasteiger partial charge on any atom is -0.499 e. The second kappa shape index (κ2) is 19.1. The molecule has 1 aliphatic rings. The Morgan fingerprint density at radius 1 is 0.833 bits per heavy atom.